The first kappa shape index (κ1) is 74.8. The van der Waals surface area contributed by atoms with E-state index in [4.69, 9.17) is 61.6 Å². The van der Waals surface area contributed by atoms with E-state index in [0.717, 1.165) is 12.8 Å². The number of carboxylic acid groups (broad SMARTS) is 1. The number of allylic oxidation sites excluding steroid dienone is 1. The monoisotopic (exact) mass is 1380 g/mol. The number of aliphatic carboxylic acids is 1. The third-order valence-corrected chi connectivity index (χ3v) is 25.6. The van der Waals surface area contributed by atoms with Gasteiger partial charge in [0.25, 0.3) is 0 Å². The lowest BCUT2D eigenvalue weighted by molar-refractivity contribution is -0.409. The van der Waals surface area contributed by atoms with Crippen LogP contribution in [0.15, 0.2) is 12.2 Å². The van der Waals surface area contributed by atoms with Crippen molar-refractivity contribution in [3.05, 3.63) is 12.2 Å². The van der Waals surface area contributed by atoms with Gasteiger partial charge in [-0.25, -0.2) is 9.59 Å². The topological polar surface area (TPSA) is 458 Å². The van der Waals surface area contributed by atoms with Crippen molar-refractivity contribution in [2.24, 2.45) is 50.2 Å². The Labute approximate surface area is 557 Å². The number of aliphatic hydroxyl groups is 14. The van der Waals surface area contributed by atoms with Crippen LogP contribution in [-0.2, 0) is 71.2 Å². The Morgan fingerprint density at radius 1 is 0.594 bits per heavy atom. The number of esters is 1. The van der Waals surface area contributed by atoms with Gasteiger partial charge in [0.1, 0.15) is 103 Å². The van der Waals surface area contributed by atoms with Crippen LogP contribution < -0.4 is 0 Å². The van der Waals surface area contributed by atoms with Gasteiger partial charge in [-0.1, -0.05) is 67.9 Å². The van der Waals surface area contributed by atoms with Gasteiger partial charge in [0.05, 0.1) is 55.8 Å². The minimum absolute atomic E-state index is 0.0320. The summed E-state index contributed by atoms with van der Waals surface area (Å²) in [4.78, 5) is 27.1. The molecule has 0 amide bonds. The van der Waals surface area contributed by atoms with Crippen molar-refractivity contribution < 1.29 is 148 Å². The molecule has 1 spiro atoms. The van der Waals surface area contributed by atoms with E-state index in [2.05, 4.69) is 34.6 Å². The van der Waals surface area contributed by atoms with E-state index >= 15 is 0 Å². The number of hydrogen-bond acceptors (Lipinski definition) is 29. The molecule has 35 atom stereocenters. The highest BCUT2D eigenvalue weighted by Crippen LogP contribution is 2.82. The van der Waals surface area contributed by atoms with E-state index in [9.17, 15) is 86.2 Å². The fourth-order valence-electron chi connectivity index (χ4n) is 20.3. The Morgan fingerprint density at radius 2 is 1.19 bits per heavy atom. The first-order chi connectivity index (χ1) is 45.0. The van der Waals surface area contributed by atoms with Crippen LogP contribution in [0.4, 0.5) is 0 Å². The zero-order chi connectivity index (χ0) is 70.1. The van der Waals surface area contributed by atoms with Crippen LogP contribution in [0.2, 0.25) is 0 Å². The van der Waals surface area contributed by atoms with E-state index in [1.165, 1.54) is 13.0 Å². The highest BCUT2D eigenvalue weighted by atomic mass is 16.8. The second kappa shape index (κ2) is 27.4. The molecule has 0 aromatic rings. The van der Waals surface area contributed by atoms with Crippen molar-refractivity contribution in [3.63, 3.8) is 0 Å². The summed E-state index contributed by atoms with van der Waals surface area (Å²) >= 11 is 0. The molecular formula is C66H106O30. The predicted molar refractivity (Wildman–Crippen MR) is 323 cm³/mol. The van der Waals surface area contributed by atoms with Gasteiger partial charge >= 0.3 is 11.9 Å². The number of methoxy groups -OCH3 is 1. The van der Waals surface area contributed by atoms with Crippen molar-refractivity contribution in [3.8, 4) is 0 Å². The van der Waals surface area contributed by atoms with Crippen LogP contribution in [0.1, 0.15) is 133 Å². The van der Waals surface area contributed by atoms with Crippen LogP contribution in [-0.4, -0.2) is 293 Å². The Bertz CT molecular complexity index is 2760. The molecular weight excluding hydrogens is 1270 g/mol. The average Bonchev–Trinajstić information content (AvgIpc) is 1.37. The minimum Gasteiger partial charge on any atom is -0.479 e. The molecule has 6 saturated heterocycles. The minimum atomic E-state index is -2.34. The van der Waals surface area contributed by atoms with E-state index in [-0.39, 0.29) is 23.2 Å². The van der Waals surface area contributed by atoms with Gasteiger partial charge in [0, 0.05) is 24.5 Å². The summed E-state index contributed by atoms with van der Waals surface area (Å²) in [6.07, 6.45) is -36.4. The lowest BCUT2D eigenvalue weighted by atomic mass is 9.30. The van der Waals surface area contributed by atoms with E-state index < -0.39 is 236 Å². The molecule has 96 heavy (non-hydrogen) atoms. The molecule has 11 aliphatic rings. The number of rotatable bonds is 19. The fraction of sp³-hybridized carbons (Fsp3) is 0.939. The van der Waals surface area contributed by atoms with E-state index in [0.29, 0.717) is 57.8 Å². The highest BCUT2D eigenvalue weighted by molar-refractivity contribution is 5.82. The van der Waals surface area contributed by atoms with Gasteiger partial charge in [0.2, 0.25) is 0 Å². The summed E-state index contributed by atoms with van der Waals surface area (Å²) in [5, 5.41) is 168. The maximum Gasteiger partial charge on any atom is 0.335 e. The van der Waals surface area contributed by atoms with Crippen LogP contribution in [0.5, 0.6) is 0 Å². The smallest absolute Gasteiger partial charge is 0.335 e. The predicted octanol–water partition coefficient (Wildman–Crippen LogP) is -1.92. The summed E-state index contributed by atoms with van der Waals surface area (Å²) in [6, 6.07) is 0. The maximum atomic E-state index is 13.6. The van der Waals surface area contributed by atoms with E-state index in [1.54, 1.807) is 7.11 Å². The molecule has 0 aromatic carbocycles. The number of aliphatic hydroxyl groups excluding tert-OH is 13. The molecule has 6 heterocycles. The van der Waals surface area contributed by atoms with Crippen molar-refractivity contribution >= 4 is 11.9 Å². The van der Waals surface area contributed by atoms with Gasteiger partial charge in [-0.3, -0.25) is 0 Å². The first-order valence-corrected chi connectivity index (χ1v) is 34.2. The normalized spacial score (nSPS) is 53.6. The van der Waals surface area contributed by atoms with Crippen molar-refractivity contribution in [1.29, 1.82) is 0 Å². The van der Waals surface area contributed by atoms with E-state index in [1.807, 2.05) is 26.8 Å². The summed E-state index contributed by atoms with van der Waals surface area (Å²) in [7, 11) is 1.59. The van der Waals surface area contributed by atoms with Crippen LogP contribution in [0.3, 0.4) is 0 Å². The molecule has 0 radical (unpaired) electrons. The second-order valence-corrected chi connectivity index (χ2v) is 31.6. The first-order valence-electron chi connectivity index (χ1n) is 34.2. The van der Waals surface area contributed by atoms with Gasteiger partial charge in [0.15, 0.2) is 43.8 Å². The number of carboxylic acids is 1. The number of hydrogen-bond donors (Lipinski definition) is 15. The summed E-state index contributed by atoms with van der Waals surface area (Å²) < 4.78 is 81.9. The number of carbonyl (C=O) groups excluding carboxylic acids is 1. The molecule has 5 saturated carbocycles. The third-order valence-electron chi connectivity index (χ3n) is 25.6. The van der Waals surface area contributed by atoms with Gasteiger partial charge < -0.3 is 138 Å². The molecule has 2 bridgehead atoms. The van der Waals surface area contributed by atoms with Crippen LogP contribution >= 0.6 is 0 Å². The standard InChI is InChI=1S/C66H106O30/c1-11-12-13-14-37(71)89-36-23-59(3,4)21-33-65-20-16-32-61(7)18-17-35(60(5,6)31(61)15-19-62(32,8)63(65,9)22-34(70)66(33,36)58(84-10)96-65)90-56-50(95-53-44(78)41(75)39(73)29(24-67)87-53)46(45(79)47(92-56)52(81)82)91-55-49(43(77)40(74)30(25-68)88-55)93-54-48(42(76)38(72)28(2)86-54)94-57-51(80)64(83,26-69)27-85-57/h13-14,28-36,38-51,53-58,67-70,72-80,83H,11-12,15-27H2,1-10H3,(H,81,82)/b14-13+/t28-,29+,30+,31?,32?,33?,34+,35-,36-,38-,39-,40-,41-,42+,43-,44+,45-,46-,47-,48+,49+,50+,51-,53-,54-,55-,56+,57-,58+,61-,62+,63-,64+,65-,66+/m0/s1. The summed E-state index contributed by atoms with van der Waals surface area (Å²) in [5.41, 5.74) is -6.74. The number of ether oxygens (including phenoxy) is 13. The molecule has 6 aliphatic heterocycles. The SMILES string of the molecule is CCC/C=C/C(=O)O[C@H]1CC(C)(C)CC2[C@]13[C@H](OC)O[C@@]21CCC2[C@@]4(C)CC[C@H](O[C@@H]5O[C@H](C(=O)O)[C@@H](O)[C@H](O[C@@H]6O[C@H](CO)[C@H](O)[C@H](O)[C@H]6O[C@@H]6O[C@@H](C)[C@H](O)[C@@H](O)[C@H]6O[C@@H]6OC[C@](O)(CO)[C@H]6O)[C@H]5O[C@@H]5O[C@H](CO)[C@H](O)[C@H](O)[C@H]5O)C(C)(C)C4CC[C@@]2(C)[C@]1(C)C[C@H]3O. The lowest BCUT2D eigenvalue weighted by Crippen LogP contribution is -2.75. The van der Waals surface area contributed by atoms with Crippen molar-refractivity contribution in [2.75, 3.05) is 33.5 Å². The van der Waals surface area contributed by atoms with Crippen LogP contribution in [0, 0.1) is 50.2 Å². The summed E-state index contributed by atoms with van der Waals surface area (Å²) in [6.45, 7) is 15.2. The zero-order valence-corrected chi connectivity index (χ0v) is 56.3. The largest absolute Gasteiger partial charge is 0.479 e. The van der Waals surface area contributed by atoms with Gasteiger partial charge in [-0.2, -0.15) is 0 Å². The lowest BCUT2D eigenvalue weighted by Gasteiger charge is -2.75. The number of unbranched alkanes of at least 4 members (excludes halogenated alkanes) is 1. The second-order valence-electron chi connectivity index (χ2n) is 31.6. The Kier molecular flexibility index (Phi) is 21.3. The molecule has 5 aliphatic carbocycles. The van der Waals surface area contributed by atoms with Crippen LogP contribution in [0.25, 0.3) is 0 Å². The molecule has 3 unspecified atom stereocenters. The quantitative estimate of drug-likeness (QED) is 0.0381. The Morgan fingerprint density at radius 3 is 1.81 bits per heavy atom. The summed E-state index contributed by atoms with van der Waals surface area (Å²) in [5.74, 6) is -2.56. The van der Waals surface area contributed by atoms with Crippen molar-refractivity contribution in [2.45, 2.75) is 304 Å². The molecule has 550 valence electrons. The average molecular weight is 1380 g/mol. The maximum absolute atomic E-state index is 13.6. The van der Waals surface area contributed by atoms with Crippen molar-refractivity contribution in [1.82, 2.24) is 0 Å². The Hall–Kier alpha value is -2.36. The molecule has 0 aromatic heterocycles. The number of carbonyl (C=O) groups is 2. The molecule has 11 fully saturated rings. The molecule has 11 rings (SSSR count). The van der Waals surface area contributed by atoms with Gasteiger partial charge in [-0.15, -0.1) is 0 Å². The fourth-order valence-corrected chi connectivity index (χ4v) is 20.3. The zero-order valence-electron chi connectivity index (χ0n) is 56.3. The highest BCUT2D eigenvalue weighted by Gasteiger charge is 2.85. The number of fused-ring (bicyclic) bond motifs is 4. The molecule has 30 nitrogen and oxygen atoms in total. The molecule has 15 N–H and O–H groups in total. The third kappa shape index (κ3) is 11.9. The Balaban J connectivity index is 0.907. The molecule has 30 heteroatoms. The van der Waals surface area contributed by atoms with Gasteiger partial charge in [-0.05, 0) is 105 Å².